The number of hydrogen-bond acceptors (Lipinski definition) is 6. The van der Waals surface area contributed by atoms with Crippen LogP contribution in [0.5, 0.6) is 0 Å². The van der Waals surface area contributed by atoms with Gasteiger partial charge in [0.1, 0.15) is 17.6 Å². The van der Waals surface area contributed by atoms with Gasteiger partial charge in [-0.3, -0.25) is 9.59 Å². The maximum Gasteiger partial charge on any atom is 0.237 e. The molecule has 2 saturated heterocycles. The highest BCUT2D eigenvalue weighted by Gasteiger charge is 2.24. The van der Waals surface area contributed by atoms with E-state index in [-0.39, 0.29) is 48.4 Å². The third-order valence-electron chi connectivity index (χ3n) is 4.73. The van der Waals surface area contributed by atoms with Gasteiger partial charge in [0.05, 0.1) is 0 Å². The number of carbonyl (C=O) groups is 2. The minimum Gasteiger partial charge on any atom is -0.353 e. The van der Waals surface area contributed by atoms with E-state index in [9.17, 15) is 9.59 Å². The number of aromatic nitrogens is 2. The fraction of sp³-hybridized carbons (Fsp3) is 0.625. The minimum atomic E-state index is -0.0367. The van der Waals surface area contributed by atoms with Gasteiger partial charge in [0, 0.05) is 58.6 Å². The van der Waals surface area contributed by atoms with Crippen LogP contribution in [0.4, 0.5) is 11.8 Å². The number of hydrogen-bond donors (Lipinski definition) is 0. The highest BCUT2D eigenvalue weighted by atomic mass is 35.5. The minimum absolute atomic E-state index is 0. The zero-order valence-corrected chi connectivity index (χ0v) is 18.4. The van der Waals surface area contributed by atoms with Crippen LogP contribution in [0.2, 0.25) is 0 Å². The Morgan fingerprint density at radius 2 is 1.29 bits per heavy atom. The highest BCUT2D eigenvalue weighted by Crippen LogP contribution is 2.18. The first-order valence-corrected chi connectivity index (χ1v) is 9.69. The Bertz CT molecular complexity index is 601. The van der Waals surface area contributed by atoms with E-state index >= 15 is 0 Å². The van der Waals surface area contributed by atoms with Gasteiger partial charge in [-0.25, -0.2) is 4.98 Å². The molecule has 1 aromatic heterocycles. The largest absolute Gasteiger partial charge is 0.353 e. The second kappa shape index (κ2) is 11.7. The molecule has 2 fully saturated rings. The van der Waals surface area contributed by atoms with Crippen molar-refractivity contribution >= 4 is 71.6 Å². The molecule has 3 heterocycles. The first-order valence-electron chi connectivity index (χ1n) is 8.63. The SMILES string of the molecule is Cl.Cl.O=C(CCl)N1CCN(c2ccnc(N3CCN(C(=O)CCl)CC3)n2)CC1. The normalized spacial score (nSPS) is 16.9. The van der Waals surface area contributed by atoms with Gasteiger partial charge in [-0.15, -0.1) is 48.0 Å². The average molecular weight is 474 g/mol. The second-order valence-corrected chi connectivity index (χ2v) is 6.75. The molecule has 0 N–H and O–H groups in total. The molecule has 0 spiro atoms. The summed E-state index contributed by atoms with van der Waals surface area (Å²) in [6, 6.07) is 1.88. The lowest BCUT2D eigenvalue weighted by Gasteiger charge is -2.36. The first kappa shape index (κ1) is 24.8. The fourth-order valence-electron chi connectivity index (χ4n) is 3.18. The number of alkyl halides is 2. The molecule has 158 valence electrons. The molecule has 0 unspecified atom stereocenters. The van der Waals surface area contributed by atoms with Gasteiger partial charge in [-0.05, 0) is 6.07 Å². The van der Waals surface area contributed by atoms with Crippen molar-refractivity contribution in [3.8, 4) is 0 Å². The van der Waals surface area contributed by atoms with Crippen LogP contribution in [-0.2, 0) is 9.59 Å². The zero-order chi connectivity index (χ0) is 18.5. The third-order valence-corrected chi connectivity index (χ3v) is 5.19. The van der Waals surface area contributed by atoms with Gasteiger partial charge in [0.15, 0.2) is 0 Å². The van der Waals surface area contributed by atoms with Crippen molar-refractivity contribution in [3.63, 3.8) is 0 Å². The summed E-state index contributed by atoms with van der Waals surface area (Å²) in [7, 11) is 0. The lowest BCUT2D eigenvalue weighted by molar-refractivity contribution is -0.129. The summed E-state index contributed by atoms with van der Waals surface area (Å²) in [5.74, 6) is 1.50. The molecule has 0 bridgehead atoms. The molecular formula is C16H24Cl4N6O2. The topological polar surface area (TPSA) is 72.9 Å². The van der Waals surface area contributed by atoms with E-state index < -0.39 is 0 Å². The number of amides is 2. The molecule has 0 atom stereocenters. The molecule has 0 aromatic carbocycles. The number of carbonyl (C=O) groups excluding carboxylic acids is 2. The quantitative estimate of drug-likeness (QED) is 0.609. The van der Waals surface area contributed by atoms with E-state index in [0.717, 1.165) is 18.9 Å². The van der Waals surface area contributed by atoms with Gasteiger partial charge in [0.25, 0.3) is 0 Å². The molecule has 2 aliphatic heterocycles. The summed E-state index contributed by atoms with van der Waals surface area (Å²) in [4.78, 5) is 40.2. The van der Waals surface area contributed by atoms with Gasteiger partial charge >= 0.3 is 0 Å². The van der Waals surface area contributed by atoms with E-state index in [0.29, 0.717) is 45.2 Å². The molecular weight excluding hydrogens is 450 g/mol. The summed E-state index contributed by atoms with van der Waals surface area (Å²) >= 11 is 11.2. The number of halogens is 4. The Morgan fingerprint density at radius 1 is 0.821 bits per heavy atom. The van der Waals surface area contributed by atoms with Gasteiger partial charge in [-0.1, -0.05) is 0 Å². The van der Waals surface area contributed by atoms with Crippen LogP contribution in [0.1, 0.15) is 0 Å². The second-order valence-electron chi connectivity index (χ2n) is 6.22. The van der Waals surface area contributed by atoms with Crippen LogP contribution in [-0.4, -0.2) is 95.7 Å². The van der Waals surface area contributed by atoms with E-state index in [2.05, 4.69) is 19.8 Å². The molecule has 1 aromatic rings. The summed E-state index contributed by atoms with van der Waals surface area (Å²) in [5, 5.41) is 0. The average Bonchev–Trinajstić information content (AvgIpc) is 2.73. The van der Waals surface area contributed by atoms with Crippen molar-refractivity contribution in [1.29, 1.82) is 0 Å². The monoisotopic (exact) mass is 472 g/mol. The van der Waals surface area contributed by atoms with Crippen LogP contribution in [0, 0.1) is 0 Å². The van der Waals surface area contributed by atoms with E-state index in [1.807, 2.05) is 6.07 Å². The van der Waals surface area contributed by atoms with Gasteiger partial charge in [-0.2, -0.15) is 4.98 Å². The van der Waals surface area contributed by atoms with E-state index in [1.54, 1.807) is 16.0 Å². The molecule has 2 aliphatic rings. The number of nitrogens with zero attached hydrogens (tertiary/aromatic N) is 6. The van der Waals surface area contributed by atoms with Crippen molar-refractivity contribution in [2.45, 2.75) is 0 Å². The molecule has 0 aliphatic carbocycles. The maximum absolute atomic E-state index is 11.7. The van der Waals surface area contributed by atoms with Crippen molar-refractivity contribution in [2.75, 3.05) is 73.9 Å². The molecule has 28 heavy (non-hydrogen) atoms. The van der Waals surface area contributed by atoms with Crippen molar-refractivity contribution in [2.24, 2.45) is 0 Å². The standard InChI is InChI=1S/C16H22Cl2N6O2.2ClH/c17-11-14(25)22-5-3-21(4-6-22)13-1-2-19-16(20-13)24-9-7-23(8-10-24)15(26)12-18;;/h1-2H,3-12H2;2*1H. The van der Waals surface area contributed by atoms with E-state index in [1.165, 1.54) is 0 Å². The summed E-state index contributed by atoms with van der Waals surface area (Å²) in [6.07, 6.45) is 1.75. The lowest BCUT2D eigenvalue weighted by Crippen LogP contribution is -2.50. The Balaban J connectivity index is 0.00000196. The fourth-order valence-corrected chi connectivity index (χ4v) is 3.52. The van der Waals surface area contributed by atoms with Crippen molar-refractivity contribution in [1.82, 2.24) is 19.8 Å². The smallest absolute Gasteiger partial charge is 0.237 e. The predicted molar refractivity (Wildman–Crippen MR) is 116 cm³/mol. The maximum atomic E-state index is 11.7. The molecule has 0 saturated carbocycles. The van der Waals surface area contributed by atoms with Crippen molar-refractivity contribution in [3.05, 3.63) is 12.3 Å². The summed E-state index contributed by atoms with van der Waals surface area (Å²) in [5.41, 5.74) is 0. The van der Waals surface area contributed by atoms with Gasteiger partial charge < -0.3 is 19.6 Å². The Labute approximate surface area is 187 Å². The lowest BCUT2D eigenvalue weighted by atomic mass is 10.3. The highest BCUT2D eigenvalue weighted by molar-refractivity contribution is 6.27. The third kappa shape index (κ3) is 5.89. The predicted octanol–water partition coefficient (Wildman–Crippen LogP) is 1.09. The van der Waals surface area contributed by atoms with Crippen LogP contribution < -0.4 is 9.80 Å². The molecule has 8 nitrogen and oxygen atoms in total. The van der Waals surface area contributed by atoms with Crippen LogP contribution >= 0.6 is 48.0 Å². The Hall–Kier alpha value is -1.22. The Morgan fingerprint density at radius 3 is 1.75 bits per heavy atom. The van der Waals surface area contributed by atoms with Crippen LogP contribution in [0.3, 0.4) is 0 Å². The number of rotatable bonds is 4. The summed E-state index contributed by atoms with van der Waals surface area (Å²) in [6.45, 7) is 5.34. The summed E-state index contributed by atoms with van der Waals surface area (Å²) < 4.78 is 0. The van der Waals surface area contributed by atoms with Crippen LogP contribution in [0.25, 0.3) is 0 Å². The first-order chi connectivity index (χ1) is 12.6. The van der Waals surface area contributed by atoms with Crippen LogP contribution in [0.15, 0.2) is 12.3 Å². The van der Waals surface area contributed by atoms with Gasteiger partial charge in [0.2, 0.25) is 17.8 Å². The van der Waals surface area contributed by atoms with E-state index in [4.69, 9.17) is 23.2 Å². The zero-order valence-electron chi connectivity index (χ0n) is 15.3. The number of anilines is 2. The molecule has 2 amide bonds. The Kier molecular flexibility index (Phi) is 10.4. The molecule has 3 rings (SSSR count). The number of piperazine rings is 2. The molecule has 12 heteroatoms. The van der Waals surface area contributed by atoms with Crippen molar-refractivity contribution < 1.29 is 9.59 Å². The molecule has 0 radical (unpaired) electrons.